The lowest BCUT2D eigenvalue weighted by Crippen LogP contribution is -2.43. The van der Waals surface area contributed by atoms with Gasteiger partial charge in [-0.3, -0.25) is 4.79 Å². The minimum absolute atomic E-state index is 0.207. The summed E-state index contributed by atoms with van der Waals surface area (Å²) in [4.78, 5) is 12.8. The van der Waals surface area contributed by atoms with Gasteiger partial charge in [-0.25, -0.2) is 8.42 Å². The lowest BCUT2D eigenvalue weighted by molar-refractivity contribution is -0.119. The molecular formula is C18H23N3O4S. The van der Waals surface area contributed by atoms with E-state index in [0.29, 0.717) is 31.1 Å². The molecule has 1 aromatic heterocycles. The summed E-state index contributed by atoms with van der Waals surface area (Å²) in [5.41, 5.74) is 1.07. The van der Waals surface area contributed by atoms with Gasteiger partial charge in [-0.2, -0.15) is 4.31 Å². The molecule has 0 radical (unpaired) electrons. The molecular weight excluding hydrogens is 354 g/mol. The summed E-state index contributed by atoms with van der Waals surface area (Å²) in [6.45, 7) is 6.14. The summed E-state index contributed by atoms with van der Waals surface area (Å²) >= 11 is 0. The van der Waals surface area contributed by atoms with Gasteiger partial charge in [-0.05, 0) is 43.4 Å². The number of nitrogens with zero attached hydrogens (tertiary/aromatic N) is 2. The third-order valence-electron chi connectivity index (χ3n) is 4.54. The molecule has 1 fully saturated rings. The number of hydrogen-bond donors (Lipinski definition) is 1. The van der Waals surface area contributed by atoms with Crippen molar-refractivity contribution in [1.29, 1.82) is 0 Å². The summed E-state index contributed by atoms with van der Waals surface area (Å²) in [7, 11) is -3.73. The molecule has 2 heterocycles. The van der Waals surface area contributed by atoms with Crippen LogP contribution < -0.4 is 5.32 Å². The zero-order valence-electron chi connectivity index (χ0n) is 15.1. The quantitative estimate of drug-likeness (QED) is 0.865. The zero-order valence-corrected chi connectivity index (χ0v) is 15.9. The molecule has 140 valence electrons. The van der Waals surface area contributed by atoms with Crippen LogP contribution in [0, 0.1) is 6.92 Å². The summed E-state index contributed by atoms with van der Waals surface area (Å²) < 4.78 is 32.2. The molecule has 3 rings (SSSR count). The van der Waals surface area contributed by atoms with E-state index >= 15 is 0 Å². The second kappa shape index (κ2) is 7.20. The molecule has 0 aliphatic carbocycles. The van der Waals surface area contributed by atoms with Crippen LogP contribution in [0.15, 0.2) is 39.8 Å². The monoisotopic (exact) mass is 377 g/mol. The van der Waals surface area contributed by atoms with Crippen molar-refractivity contribution in [2.75, 3.05) is 11.9 Å². The summed E-state index contributed by atoms with van der Waals surface area (Å²) in [6, 6.07) is 7.71. The van der Waals surface area contributed by atoms with Crippen LogP contribution in [-0.2, 0) is 14.8 Å². The smallest absolute Gasteiger partial charge is 0.244 e. The highest BCUT2D eigenvalue weighted by Gasteiger charge is 2.39. The number of benzene rings is 1. The largest absolute Gasteiger partial charge is 0.360 e. The van der Waals surface area contributed by atoms with E-state index in [9.17, 15) is 13.2 Å². The number of sulfonamides is 1. The fourth-order valence-corrected chi connectivity index (χ4v) is 4.74. The average molecular weight is 377 g/mol. The van der Waals surface area contributed by atoms with Crippen molar-refractivity contribution < 1.29 is 17.7 Å². The number of rotatable bonds is 5. The van der Waals surface area contributed by atoms with Crippen LogP contribution in [0.25, 0.3) is 0 Å². The molecule has 8 heteroatoms. The number of aromatic nitrogens is 1. The van der Waals surface area contributed by atoms with Crippen molar-refractivity contribution in [3.05, 3.63) is 41.7 Å². The number of carbonyl (C=O) groups is 1. The van der Waals surface area contributed by atoms with Gasteiger partial charge in [-0.1, -0.05) is 31.1 Å². The van der Waals surface area contributed by atoms with Gasteiger partial charge >= 0.3 is 0 Å². The maximum atomic E-state index is 13.0. The minimum atomic E-state index is -3.73. The first-order chi connectivity index (χ1) is 12.3. The van der Waals surface area contributed by atoms with Crippen LogP contribution in [0.5, 0.6) is 0 Å². The molecule has 1 aromatic carbocycles. The second-order valence-electron chi connectivity index (χ2n) is 6.81. The summed E-state index contributed by atoms with van der Waals surface area (Å²) in [5, 5.41) is 6.36. The Morgan fingerprint density at radius 2 is 2.00 bits per heavy atom. The van der Waals surface area contributed by atoms with Gasteiger partial charge in [0.1, 0.15) is 11.8 Å². The van der Waals surface area contributed by atoms with Gasteiger partial charge < -0.3 is 9.84 Å². The highest BCUT2D eigenvalue weighted by atomic mass is 32.2. The molecule has 1 atom stereocenters. The number of anilines is 1. The van der Waals surface area contributed by atoms with Crippen molar-refractivity contribution in [3.63, 3.8) is 0 Å². The molecule has 1 amide bonds. The Bertz CT molecular complexity index is 887. The van der Waals surface area contributed by atoms with Crippen molar-refractivity contribution in [2.45, 2.75) is 50.5 Å². The van der Waals surface area contributed by atoms with Crippen molar-refractivity contribution in [3.8, 4) is 0 Å². The Morgan fingerprint density at radius 1 is 1.31 bits per heavy atom. The van der Waals surface area contributed by atoms with Gasteiger partial charge in [-0.15, -0.1) is 0 Å². The molecule has 1 saturated heterocycles. The third-order valence-corrected chi connectivity index (χ3v) is 6.46. The molecule has 2 aromatic rings. The van der Waals surface area contributed by atoms with Crippen LogP contribution in [0.1, 0.15) is 43.9 Å². The van der Waals surface area contributed by atoms with Gasteiger partial charge in [0.05, 0.1) is 4.90 Å². The fourth-order valence-electron chi connectivity index (χ4n) is 3.08. The minimum Gasteiger partial charge on any atom is -0.360 e. The summed E-state index contributed by atoms with van der Waals surface area (Å²) in [6.07, 6.45) is 1.12. The molecule has 7 nitrogen and oxygen atoms in total. The van der Waals surface area contributed by atoms with Gasteiger partial charge in [0, 0.05) is 12.6 Å². The average Bonchev–Trinajstić information content (AvgIpc) is 3.24. The predicted molar refractivity (Wildman–Crippen MR) is 97.3 cm³/mol. The van der Waals surface area contributed by atoms with E-state index in [2.05, 4.69) is 24.3 Å². The number of amides is 1. The van der Waals surface area contributed by atoms with E-state index < -0.39 is 22.0 Å². The lowest BCUT2D eigenvalue weighted by Gasteiger charge is -2.23. The topological polar surface area (TPSA) is 92.5 Å². The fraction of sp³-hybridized carbons (Fsp3) is 0.444. The van der Waals surface area contributed by atoms with Crippen molar-refractivity contribution in [1.82, 2.24) is 9.46 Å². The molecule has 0 unspecified atom stereocenters. The van der Waals surface area contributed by atoms with E-state index in [0.717, 1.165) is 5.56 Å². The Labute approximate surface area is 153 Å². The number of aryl methyl sites for hydroxylation is 1. The van der Waals surface area contributed by atoms with Gasteiger partial charge in [0.15, 0.2) is 5.82 Å². The molecule has 1 aliphatic heterocycles. The maximum absolute atomic E-state index is 13.0. The molecule has 1 N–H and O–H groups in total. The summed E-state index contributed by atoms with van der Waals surface area (Å²) in [5.74, 6) is 0.792. The van der Waals surface area contributed by atoms with E-state index in [1.807, 2.05) is 12.1 Å². The van der Waals surface area contributed by atoms with Gasteiger partial charge in [0.25, 0.3) is 0 Å². The molecule has 0 saturated carbocycles. The maximum Gasteiger partial charge on any atom is 0.244 e. The Morgan fingerprint density at radius 3 is 2.58 bits per heavy atom. The molecule has 1 aliphatic rings. The first kappa shape index (κ1) is 18.6. The molecule has 26 heavy (non-hydrogen) atoms. The normalized spacial score (nSPS) is 18.4. The first-order valence-corrected chi connectivity index (χ1v) is 10.1. The molecule has 0 bridgehead atoms. The van der Waals surface area contributed by atoms with Crippen LogP contribution in [0.2, 0.25) is 0 Å². The van der Waals surface area contributed by atoms with E-state index in [-0.39, 0.29) is 10.7 Å². The Hall–Kier alpha value is -2.19. The van der Waals surface area contributed by atoms with Crippen LogP contribution in [-0.4, -0.2) is 36.4 Å². The van der Waals surface area contributed by atoms with Crippen molar-refractivity contribution >= 4 is 21.7 Å². The Kier molecular flexibility index (Phi) is 5.15. The highest BCUT2D eigenvalue weighted by Crippen LogP contribution is 2.28. The lowest BCUT2D eigenvalue weighted by atomic mass is 10.0. The SMILES string of the molecule is Cc1cc(NC(=O)[C@@H]2CCCN2S(=O)(=O)c2ccc(C(C)C)cc2)no1. The third kappa shape index (κ3) is 3.66. The van der Waals surface area contributed by atoms with Crippen LogP contribution >= 0.6 is 0 Å². The zero-order chi connectivity index (χ0) is 18.9. The first-order valence-electron chi connectivity index (χ1n) is 8.65. The second-order valence-corrected chi connectivity index (χ2v) is 8.70. The number of nitrogens with one attached hydrogen (secondary N) is 1. The Balaban J connectivity index is 1.80. The highest BCUT2D eigenvalue weighted by molar-refractivity contribution is 7.89. The van der Waals surface area contributed by atoms with E-state index in [1.54, 1.807) is 25.1 Å². The van der Waals surface area contributed by atoms with E-state index in [4.69, 9.17) is 4.52 Å². The number of hydrogen-bond acceptors (Lipinski definition) is 5. The van der Waals surface area contributed by atoms with E-state index in [1.165, 1.54) is 4.31 Å². The van der Waals surface area contributed by atoms with Crippen molar-refractivity contribution in [2.24, 2.45) is 0 Å². The van der Waals surface area contributed by atoms with Crippen LogP contribution in [0.4, 0.5) is 5.82 Å². The standard InChI is InChI=1S/C18H23N3O4S/c1-12(2)14-6-8-15(9-7-14)26(23,24)21-10-4-5-16(21)18(22)19-17-11-13(3)25-20-17/h6-9,11-12,16H,4-5,10H2,1-3H3,(H,19,20,22)/t16-/m0/s1. The van der Waals surface area contributed by atoms with Crippen LogP contribution in [0.3, 0.4) is 0 Å². The predicted octanol–water partition coefficient (Wildman–Crippen LogP) is 2.90. The molecule has 0 spiro atoms. The number of carbonyl (C=O) groups excluding carboxylic acids is 1. The van der Waals surface area contributed by atoms with Gasteiger partial charge in [0.2, 0.25) is 15.9 Å².